The van der Waals surface area contributed by atoms with Crippen molar-refractivity contribution in [2.45, 2.75) is 31.7 Å². The number of thiazole rings is 1. The van der Waals surface area contributed by atoms with Crippen molar-refractivity contribution < 1.29 is 28.2 Å². The second-order valence-electron chi connectivity index (χ2n) is 9.60. The number of ether oxygens (including phenoxy) is 3. The summed E-state index contributed by atoms with van der Waals surface area (Å²) in [6.45, 7) is 1.99. The number of aromatic nitrogens is 2. The minimum Gasteiger partial charge on any atom is -0.494 e. The summed E-state index contributed by atoms with van der Waals surface area (Å²) in [5, 5.41) is 2.53. The first-order valence-electron chi connectivity index (χ1n) is 13.8. The van der Waals surface area contributed by atoms with Crippen LogP contribution in [0.15, 0.2) is 84.4 Å². The number of pyridine rings is 1. The van der Waals surface area contributed by atoms with Crippen molar-refractivity contribution >= 4 is 41.4 Å². The van der Waals surface area contributed by atoms with E-state index >= 15 is 0 Å². The molecule has 0 bridgehead atoms. The molecule has 0 radical (unpaired) electrons. The Balaban J connectivity index is 1.34. The Morgan fingerprint density at radius 3 is 2.74 bits per heavy atom. The molecule has 5 rings (SSSR count). The highest BCUT2D eigenvalue weighted by Gasteiger charge is 2.30. The van der Waals surface area contributed by atoms with Gasteiger partial charge in [0.15, 0.2) is 11.6 Å². The highest BCUT2D eigenvalue weighted by molar-refractivity contribution is 7.09. The van der Waals surface area contributed by atoms with Crippen LogP contribution in [0.4, 0.5) is 15.0 Å². The number of hydrogen-bond acceptors (Lipinski definition) is 8. The Morgan fingerprint density at radius 2 is 1.98 bits per heavy atom. The molecule has 1 aliphatic heterocycles. The van der Waals surface area contributed by atoms with Gasteiger partial charge in [-0.25, -0.2) is 19.2 Å². The lowest BCUT2D eigenvalue weighted by Crippen LogP contribution is -2.43. The number of anilines is 1. The number of methoxy groups -OCH3 is 1. The Kier molecular flexibility index (Phi) is 9.58. The lowest BCUT2D eigenvalue weighted by atomic mass is 9.96. The van der Waals surface area contributed by atoms with E-state index in [0.29, 0.717) is 34.3 Å². The fraction of sp³-hybridized carbons (Fsp3) is 0.212. The molecule has 0 spiro atoms. The molecule has 0 aliphatic carbocycles. The maximum absolute atomic E-state index is 14.5. The molecular formula is C33H30FN3O5S. The van der Waals surface area contributed by atoms with Crippen LogP contribution in [-0.2, 0) is 9.53 Å². The first kappa shape index (κ1) is 29.7. The second-order valence-corrected chi connectivity index (χ2v) is 10.5. The monoisotopic (exact) mass is 599 g/mol. The Hall–Kier alpha value is -4.83. The number of para-hydroxylation sites is 1. The Morgan fingerprint density at radius 1 is 1.14 bits per heavy atom. The molecule has 2 unspecified atom stereocenters. The van der Waals surface area contributed by atoms with Crippen molar-refractivity contribution in [3.63, 3.8) is 0 Å². The molecule has 0 saturated heterocycles. The maximum Gasteiger partial charge on any atom is 0.421 e. The van der Waals surface area contributed by atoms with Crippen molar-refractivity contribution in [1.29, 1.82) is 0 Å². The first-order chi connectivity index (χ1) is 21.0. The lowest BCUT2D eigenvalue weighted by molar-refractivity contribution is -0.143. The van der Waals surface area contributed by atoms with Gasteiger partial charge in [-0.2, -0.15) is 0 Å². The third-order valence-corrected chi connectivity index (χ3v) is 7.75. The highest BCUT2D eigenvalue weighted by Crippen LogP contribution is 2.34. The van der Waals surface area contributed by atoms with Crippen LogP contribution in [-0.4, -0.2) is 41.8 Å². The molecule has 3 heterocycles. The number of carbonyl (C=O) groups excluding carboxylic acids is 2. The molecular weight excluding hydrogens is 569 g/mol. The Bertz CT molecular complexity index is 1640. The van der Waals surface area contributed by atoms with E-state index in [1.807, 2.05) is 47.9 Å². The van der Waals surface area contributed by atoms with Crippen LogP contribution in [0.25, 0.3) is 12.2 Å². The van der Waals surface area contributed by atoms with E-state index in [9.17, 15) is 14.0 Å². The number of hydrogen-bond donors (Lipinski definition) is 0. The number of benzene rings is 2. The SMILES string of the molecule is CCOC(=O)CC(c1ccc(OC)c(F)c1)c1nc(/C=C/CC2C=Cc3cccnc3N2C(=O)Oc2ccccc2)cs1. The number of halogens is 1. The smallest absolute Gasteiger partial charge is 0.421 e. The van der Waals surface area contributed by atoms with E-state index < -0.39 is 23.8 Å². The normalized spacial score (nSPS) is 14.8. The summed E-state index contributed by atoms with van der Waals surface area (Å²) in [5.41, 5.74) is 2.10. The molecule has 43 heavy (non-hydrogen) atoms. The van der Waals surface area contributed by atoms with E-state index in [0.717, 1.165) is 5.56 Å². The molecule has 0 saturated carbocycles. The minimum atomic E-state index is -0.529. The number of carbonyl (C=O) groups is 2. The molecule has 0 fully saturated rings. The molecule has 10 heteroatoms. The van der Waals surface area contributed by atoms with E-state index in [-0.39, 0.29) is 24.8 Å². The van der Waals surface area contributed by atoms with Crippen LogP contribution in [0.1, 0.15) is 47.5 Å². The van der Waals surface area contributed by atoms with Crippen LogP contribution in [0.3, 0.4) is 0 Å². The summed E-state index contributed by atoms with van der Waals surface area (Å²) < 4.78 is 30.4. The summed E-state index contributed by atoms with van der Waals surface area (Å²) in [4.78, 5) is 36.5. The van der Waals surface area contributed by atoms with E-state index in [2.05, 4.69) is 4.98 Å². The summed E-state index contributed by atoms with van der Waals surface area (Å²) >= 11 is 1.38. The molecule has 220 valence electrons. The first-order valence-corrected chi connectivity index (χ1v) is 14.6. The van der Waals surface area contributed by atoms with Gasteiger partial charge in [0.05, 0.1) is 31.9 Å². The van der Waals surface area contributed by atoms with E-state index in [1.165, 1.54) is 30.6 Å². The number of amides is 1. The van der Waals surface area contributed by atoms with Gasteiger partial charge in [-0.15, -0.1) is 11.3 Å². The molecule has 1 amide bonds. The van der Waals surface area contributed by atoms with Gasteiger partial charge in [0.25, 0.3) is 0 Å². The molecule has 0 N–H and O–H groups in total. The summed E-state index contributed by atoms with van der Waals surface area (Å²) in [5.74, 6) is -0.308. The fourth-order valence-electron chi connectivity index (χ4n) is 4.74. The van der Waals surface area contributed by atoms with Crippen molar-refractivity contribution in [2.75, 3.05) is 18.6 Å². The van der Waals surface area contributed by atoms with E-state index in [4.69, 9.17) is 19.2 Å². The molecule has 2 atom stereocenters. The number of esters is 1. The summed E-state index contributed by atoms with van der Waals surface area (Å²) in [6.07, 6.45) is 9.29. The molecule has 8 nitrogen and oxygen atoms in total. The molecule has 2 aromatic heterocycles. The molecule has 4 aromatic rings. The third kappa shape index (κ3) is 7.15. The van der Waals surface area contributed by atoms with Gasteiger partial charge in [0.1, 0.15) is 16.6 Å². The van der Waals surface area contributed by atoms with Gasteiger partial charge in [-0.05, 0) is 61.4 Å². The Labute approximate surface area is 253 Å². The van der Waals surface area contributed by atoms with Crippen LogP contribution in [0.5, 0.6) is 11.5 Å². The van der Waals surface area contributed by atoms with Crippen LogP contribution < -0.4 is 14.4 Å². The predicted octanol–water partition coefficient (Wildman–Crippen LogP) is 7.28. The van der Waals surface area contributed by atoms with Gasteiger partial charge in [-0.3, -0.25) is 9.69 Å². The zero-order valence-electron chi connectivity index (χ0n) is 23.7. The lowest BCUT2D eigenvalue weighted by Gasteiger charge is -2.31. The van der Waals surface area contributed by atoms with Crippen LogP contribution in [0.2, 0.25) is 0 Å². The third-order valence-electron chi connectivity index (χ3n) is 6.78. The minimum absolute atomic E-state index is 0.0219. The number of fused-ring (bicyclic) bond motifs is 1. The topological polar surface area (TPSA) is 90.9 Å². The van der Waals surface area contributed by atoms with Gasteiger partial charge in [0, 0.05) is 23.1 Å². The van der Waals surface area contributed by atoms with Gasteiger partial charge in [-0.1, -0.05) is 42.5 Å². The summed E-state index contributed by atoms with van der Waals surface area (Å²) in [7, 11) is 1.40. The zero-order chi connectivity index (χ0) is 30.2. The van der Waals surface area contributed by atoms with Gasteiger partial charge in [0.2, 0.25) is 0 Å². The number of nitrogens with zero attached hydrogens (tertiary/aromatic N) is 3. The van der Waals surface area contributed by atoms with E-state index in [1.54, 1.807) is 48.4 Å². The predicted molar refractivity (Wildman–Crippen MR) is 164 cm³/mol. The molecule has 2 aromatic carbocycles. The second kappa shape index (κ2) is 13.9. The average Bonchev–Trinajstić information content (AvgIpc) is 3.48. The number of rotatable bonds is 10. The van der Waals surface area contributed by atoms with Crippen LogP contribution >= 0.6 is 11.3 Å². The quantitative estimate of drug-likeness (QED) is 0.177. The van der Waals surface area contributed by atoms with Crippen molar-refractivity contribution in [2.24, 2.45) is 0 Å². The van der Waals surface area contributed by atoms with Crippen molar-refractivity contribution in [3.8, 4) is 11.5 Å². The van der Waals surface area contributed by atoms with Gasteiger partial charge >= 0.3 is 12.1 Å². The van der Waals surface area contributed by atoms with Crippen molar-refractivity contribution in [1.82, 2.24) is 9.97 Å². The average molecular weight is 600 g/mol. The maximum atomic E-state index is 14.5. The standard InChI is InChI=1S/C33H30FN3O5S/c1-3-41-30(38)20-27(23-15-17-29(40-2)28(34)19-23)32-36-24(21-43-32)10-7-11-25-16-14-22-9-8-18-35-31(22)37(25)33(39)42-26-12-5-4-6-13-26/h4-10,12-19,21,25,27H,3,11,20H2,1-2H3/b10-7+. The molecule has 1 aliphatic rings. The van der Waals surface area contributed by atoms with Gasteiger partial charge < -0.3 is 14.2 Å². The van der Waals surface area contributed by atoms with Crippen LogP contribution in [0, 0.1) is 5.82 Å². The zero-order valence-corrected chi connectivity index (χ0v) is 24.5. The fourth-order valence-corrected chi connectivity index (χ4v) is 5.66. The highest BCUT2D eigenvalue weighted by atomic mass is 32.1. The van der Waals surface area contributed by atoms with Crippen molar-refractivity contribution in [3.05, 3.63) is 112 Å². The summed E-state index contributed by atoms with van der Waals surface area (Å²) in [6, 6.07) is 16.9. The largest absolute Gasteiger partial charge is 0.494 e.